The number of thiazole rings is 1. The smallest absolute Gasteiger partial charge is 0.257 e. The van der Waals surface area contributed by atoms with Crippen molar-refractivity contribution in [2.24, 2.45) is 0 Å². The van der Waals surface area contributed by atoms with Gasteiger partial charge in [-0.15, -0.1) is 11.3 Å². The SMILES string of the molecule is COc1ccc(N2CCN(C(=O)Cc3csc(NC(=O)c4ccc(Cl)cc4)n3)CC2)cc1. The molecule has 2 heterocycles. The standard InChI is InChI=1S/C23H23ClN4O3S/c1-31-20-8-6-19(7-9-20)27-10-12-28(13-11-27)21(29)14-18-15-32-23(25-18)26-22(30)16-2-4-17(24)5-3-16/h2-9,15H,10-14H2,1H3,(H,25,26,30). The molecule has 0 atom stereocenters. The fraction of sp³-hybridized carbons (Fsp3) is 0.261. The number of hydrogen-bond acceptors (Lipinski definition) is 6. The minimum Gasteiger partial charge on any atom is -0.497 e. The maximum Gasteiger partial charge on any atom is 0.257 e. The molecule has 1 aliphatic rings. The number of aromatic nitrogens is 1. The number of hydrogen-bond donors (Lipinski definition) is 1. The first-order valence-electron chi connectivity index (χ1n) is 10.2. The summed E-state index contributed by atoms with van der Waals surface area (Å²) in [5.41, 5.74) is 2.28. The van der Waals surface area contributed by atoms with E-state index in [4.69, 9.17) is 16.3 Å². The normalized spacial score (nSPS) is 13.7. The molecule has 2 amide bonds. The molecule has 0 unspecified atom stereocenters. The largest absolute Gasteiger partial charge is 0.497 e. The fourth-order valence-corrected chi connectivity index (χ4v) is 4.32. The van der Waals surface area contributed by atoms with Crippen LogP contribution in [0.4, 0.5) is 10.8 Å². The Balaban J connectivity index is 1.28. The van der Waals surface area contributed by atoms with Gasteiger partial charge in [0.05, 0.1) is 19.2 Å². The zero-order valence-electron chi connectivity index (χ0n) is 17.6. The number of anilines is 2. The average Bonchev–Trinajstić information content (AvgIpc) is 3.26. The Morgan fingerprint density at radius 2 is 1.75 bits per heavy atom. The molecule has 1 N–H and O–H groups in total. The van der Waals surface area contributed by atoms with Gasteiger partial charge in [-0.1, -0.05) is 11.6 Å². The Labute approximate surface area is 195 Å². The van der Waals surface area contributed by atoms with Crippen molar-refractivity contribution in [1.29, 1.82) is 0 Å². The quantitative estimate of drug-likeness (QED) is 0.590. The summed E-state index contributed by atoms with van der Waals surface area (Å²) in [7, 11) is 1.65. The van der Waals surface area contributed by atoms with Crippen LogP contribution in [0.2, 0.25) is 5.02 Å². The topological polar surface area (TPSA) is 74.8 Å². The highest BCUT2D eigenvalue weighted by atomic mass is 35.5. The molecule has 7 nitrogen and oxygen atoms in total. The number of nitrogens with one attached hydrogen (secondary N) is 1. The molecule has 1 aliphatic heterocycles. The van der Waals surface area contributed by atoms with Crippen molar-refractivity contribution >= 4 is 45.6 Å². The van der Waals surface area contributed by atoms with Crippen LogP contribution in [0.25, 0.3) is 0 Å². The van der Waals surface area contributed by atoms with Gasteiger partial charge in [-0.05, 0) is 48.5 Å². The molecular weight excluding hydrogens is 448 g/mol. The number of benzene rings is 2. The minimum absolute atomic E-state index is 0.0419. The molecule has 0 spiro atoms. The van der Waals surface area contributed by atoms with Crippen LogP contribution in [-0.2, 0) is 11.2 Å². The highest BCUT2D eigenvalue weighted by Crippen LogP contribution is 2.22. The van der Waals surface area contributed by atoms with E-state index in [-0.39, 0.29) is 18.2 Å². The number of methoxy groups -OCH3 is 1. The first-order valence-corrected chi connectivity index (χ1v) is 11.5. The second-order valence-electron chi connectivity index (χ2n) is 7.35. The van der Waals surface area contributed by atoms with Gasteiger partial charge >= 0.3 is 0 Å². The number of ether oxygens (including phenoxy) is 1. The molecule has 1 fully saturated rings. The van der Waals surface area contributed by atoms with Gasteiger partial charge in [-0.2, -0.15) is 0 Å². The van der Waals surface area contributed by atoms with E-state index in [1.54, 1.807) is 31.4 Å². The lowest BCUT2D eigenvalue weighted by molar-refractivity contribution is -0.130. The zero-order valence-corrected chi connectivity index (χ0v) is 19.2. The van der Waals surface area contributed by atoms with Crippen LogP contribution in [0.3, 0.4) is 0 Å². The van der Waals surface area contributed by atoms with Gasteiger partial charge in [0.1, 0.15) is 5.75 Å². The van der Waals surface area contributed by atoms with E-state index in [1.165, 1.54) is 11.3 Å². The van der Waals surface area contributed by atoms with Crippen LogP contribution in [-0.4, -0.2) is 55.0 Å². The Kier molecular flexibility index (Phi) is 6.92. The number of rotatable bonds is 6. The third-order valence-corrected chi connectivity index (χ3v) is 6.34. The molecule has 3 aromatic rings. The van der Waals surface area contributed by atoms with E-state index in [1.807, 2.05) is 34.5 Å². The molecule has 2 aromatic carbocycles. The van der Waals surface area contributed by atoms with E-state index < -0.39 is 0 Å². The number of carbonyl (C=O) groups is 2. The van der Waals surface area contributed by atoms with Crippen LogP contribution < -0.4 is 15.0 Å². The van der Waals surface area contributed by atoms with Gasteiger partial charge in [-0.25, -0.2) is 4.98 Å². The average molecular weight is 471 g/mol. The number of carbonyl (C=O) groups excluding carboxylic acids is 2. The molecule has 1 saturated heterocycles. The fourth-order valence-electron chi connectivity index (χ4n) is 3.49. The van der Waals surface area contributed by atoms with Crippen LogP contribution >= 0.6 is 22.9 Å². The second kappa shape index (κ2) is 10.0. The van der Waals surface area contributed by atoms with E-state index in [0.717, 1.165) is 24.5 Å². The predicted octanol–water partition coefficient (Wildman–Crippen LogP) is 3.95. The highest BCUT2D eigenvalue weighted by Gasteiger charge is 2.22. The predicted molar refractivity (Wildman–Crippen MR) is 127 cm³/mol. The molecule has 0 bridgehead atoms. The van der Waals surface area contributed by atoms with Crippen molar-refractivity contribution in [1.82, 2.24) is 9.88 Å². The number of halogens is 1. The summed E-state index contributed by atoms with van der Waals surface area (Å²) in [6, 6.07) is 14.6. The molecule has 32 heavy (non-hydrogen) atoms. The lowest BCUT2D eigenvalue weighted by Gasteiger charge is -2.36. The maximum absolute atomic E-state index is 12.7. The van der Waals surface area contributed by atoms with Gasteiger partial charge in [0.2, 0.25) is 5.91 Å². The van der Waals surface area contributed by atoms with Crippen LogP contribution in [0.15, 0.2) is 53.9 Å². The van der Waals surface area contributed by atoms with E-state index in [9.17, 15) is 9.59 Å². The summed E-state index contributed by atoms with van der Waals surface area (Å²) >= 11 is 7.16. The Morgan fingerprint density at radius 1 is 1.06 bits per heavy atom. The van der Waals surface area contributed by atoms with Crippen molar-refractivity contribution < 1.29 is 14.3 Å². The van der Waals surface area contributed by atoms with E-state index in [0.29, 0.717) is 34.5 Å². The Hall–Kier alpha value is -3.10. The van der Waals surface area contributed by atoms with Crippen molar-refractivity contribution in [3.05, 3.63) is 70.2 Å². The summed E-state index contributed by atoms with van der Waals surface area (Å²) < 4.78 is 5.21. The minimum atomic E-state index is -0.261. The van der Waals surface area contributed by atoms with Gasteiger partial charge in [-0.3, -0.25) is 14.9 Å². The van der Waals surface area contributed by atoms with E-state index >= 15 is 0 Å². The third kappa shape index (κ3) is 5.38. The number of piperazine rings is 1. The van der Waals surface area contributed by atoms with E-state index in [2.05, 4.69) is 15.2 Å². The van der Waals surface area contributed by atoms with Gasteiger partial charge in [0.25, 0.3) is 5.91 Å². The van der Waals surface area contributed by atoms with Crippen molar-refractivity contribution in [3.8, 4) is 5.75 Å². The first kappa shape index (κ1) is 22.1. The molecule has 1 aromatic heterocycles. The van der Waals surface area contributed by atoms with Crippen molar-refractivity contribution in [2.75, 3.05) is 43.5 Å². The van der Waals surface area contributed by atoms with Gasteiger partial charge in [0.15, 0.2) is 5.13 Å². The highest BCUT2D eigenvalue weighted by molar-refractivity contribution is 7.14. The molecule has 0 radical (unpaired) electrons. The van der Waals surface area contributed by atoms with Crippen LogP contribution in [0, 0.1) is 0 Å². The molecule has 0 aliphatic carbocycles. The lowest BCUT2D eigenvalue weighted by atomic mass is 10.2. The monoisotopic (exact) mass is 470 g/mol. The van der Waals surface area contributed by atoms with Crippen LogP contribution in [0.5, 0.6) is 5.75 Å². The summed E-state index contributed by atoms with van der Waals surface area (Å²) in [5.74, 6) is 0.610. The van der Waals surface area contributed by atoms with Crippen LogP contribution in [0.1, 0.15) is 16.1 Å². The summed E-state index contributed by atoms with van der Waals surface area (Å²) in [4.78, 5) is 33.6. The number of nitrogens with zero attached hydrogens (tertiary/aromatic N) is 3. The van der Waals surface area contributed by atoms with Gasteiger partial charge < -0.3 is 14.5 Å². The first-order chi connectivity index (χ1) is 15.5. The Morgan fingerprint density at radius 3 is 2.41 bits per heavy atom. The van der Waals surface area contributed by atoms with Crippen molar-refractivity contribution in [3.63, 3.8) is 0 Å². The molecule has 4 rings (SSSR count). The molecule has 0 saturated carbocycles. The lowest BCUT2D eigenvalue weighted by Crippen LogP contribution is -2.49. The van der Waals surface area contributed by atoms with Crippen molar-refractivity contribution in [2.45, 2.75) is 6.42 Å². The number of amides is 2. The van der Waals surface area contributed by atoms with Gasteiger partial charge in [0, 0.05) is 47.8 Å². The second-order valence-corrected chi connectivity index (χ2v) is 8.64. The molecule has 166 valence electrons. The Bertz CT molecular complexity index is 1080. The molecular formula is C23H23ClN4O3S. The summed E-state index contributed by atoms with van der Waals surface area (Å²) in [6.45, 7) is 2.87. The summed E-state index contributed by atoms with van der Waals surface area (Å²) in [6.07, 6.45) is 0.218. The zero-order chi connectivity index (χ0) is 22.5. The third-order valence-electron chi connectivity index (χ3n) is 5.28. The molecule has 9 heteroatoms. The maximum atomic E-state index is 12.7. The summed E-state index contributed by atoms with van der Waals surface area (Å²) in [5, 5.41) is 5.62.